The van der Waals surface area contributed by atoms with E-state index >= 15 is 0 Å². The number of urea groups is 1. The molecular formula is C17H21N3O3. The number of hydrogen-bond donors (Lipinski definition) is 3. The fraction of sp³-hybridized carbons (Fsp3) is 0.471. The maximum atomic E-state index is 12.7. The third-order valence-electron chi connectivity index (χ3n) is 4.91. The third-order valence-corrected chi connectivity index (χ3v) is 4.91. The lowest BCUT2D eigenvalue weighted by Crippen LogP contribution is -2.44. The number of nitrogens with one attached hydrogen (secondary N) is 3. The molecule has 3 rings (SSSR count). The number of rotatable bonds is 3. The Kier molecular flexibility index (Phi) is 3.62. The second-order valence-electron chi connectivity index (χ2n) is 6.98. The normalized spacial score (nSPS) is 29.0. The summed E-state index contributed by atoms with van der Waals surface area (Å²) in [6.45, 7) is 4.39. The second-order valence-corrected chi connectivity index (χ2v) is 6.98. The minimum Gasteiger partial charge on any atom is -0.346 e. The molecule has 3 N–H and O–H groups in total. The van der Waals surface area contributed by atoms with E-state index in [4.69, 9.17) is 0 Å². The Morgan fingerprint density at radius 3 is 2.48 bits per heavy atom. The van der Waals surface area contributed by atoms with Crippen LogP contribution in [0.25, 0.3) is 0 Å². The zero-order valence-electron chi connectivity index (χ0n) is 13.3. The summed E-state index contributed by atoms with van der Waals surface area (Å²) in [7, 11) is 0. The zero-order valence-corrected chi connectivity index (χ0v) is 13.3. The molecule has 1 aromatic carbocycles. The van der Waals surface area contributed by atoms with Crippen LogP contribution < -0.4 is 16.0 Å². The van der Waals surface area contributed by atoms with Crippen LogP contribution in [0.2, 0.25) is 0 Å². The quantitative estimate of drug-likeness (QED) is 0.785. The minimum atomic E-state index is -0.557. The van der Waals surface area contributed by atoms with Gasteiger partial charge in [0.25, 0.3) is 0 Å². The van der Waals surface area contributed by atoms with Gasteiger partial charge in [0.05, 0.1) is 11.5 Å². The number of benzene rings is 1. The number of hydrogen-bond acceptors (Lipinski definition) is 3. The van der Waals surface area contributed by atoms with E-state index in [1.807, 2.05) is 30.3 Å². The van der Waals surface area contributed by atoms with E-state index in [1.54, 1.807) is 0 Å². The smallest absolute Gasteiger partial charge is 0.321 e. The van der Waals surface area contributed by atoms with Crippen LogP contribution >= 0.6 is 0 Å². The molecule has 0 spiro atoms. The fourth-order valence-electron chi connectivity index (χ4n) is 3.35. The maximum absolute atomic E-state index is 12.7. The predicted molar refractivity (Wildman–Crippen MR) is 84.3 cm³/mol. The van der Waals surface area contributed by atoms with Crippen LogP contribution in [0.5, 0.6) is 0 Å². The summed E-state index contributed by atoms with van der Waals surface area (Å²) < 4.78 is 0. The predicted octanol–water partition coefficient (Wildman–Crippen LogP) is 1.27. The van der Waals surface area contributed by atoms with Crippen molar-refractivity contribution in [3.63, 3.8) is 0 Å². The molecule has 1 aliphatic heterocycles. The standard InChI is InChI=1S/C17H21N3O3/c1-16(2)10-17(16,12-6-4-3-5-7-12)20-14(22)11-8-13(21)19-15(23)18-9-11/h3-7,11H,8-10H2,1-2H3,(H,20,22)(H2,18,19,21,23)/t11-,17?/m1/s1. The SMILES string of the molecule is CC1(C)CC1(NC(=O)[C@H]1CNC(=O)NC(=O)C1)c1ccccc1. The van der Waals surface area contributed by atoms with E-state index in [2.05, 4.69) is 29.8 Å². The van der Waals surface area contributed by atoms with E-state index in [0.29, 0.717) is 0 Å². The van der Waals surface area contributed by atoms with Gasteiger partial charge < -0.3 is 10.6 Å². The molecule has 4 amide bonds. The molecule has 23 heavy (non-hydrogen) atoms. The summed E-state index contributed by atoms with van der Waals surface area (Å²) in [5, 5.41) is 7.86. The van der Waals surface area contributed by atoms with E-state index in [1.165, 1.54) is 0 Å². The van der Waals surface area contributed by atoms with E-state index in [0.717, 1.165) is 12.0 Å². The summed E-state index contributed by atoms with van der Waals surface area (Å²) >= 11 is 0. The first-order chi connectivity index (χ1) is 10.8. The van der Waals surface area contributed by atoms with Crippen molar-refractivity contribution in [2.45, 2.75) is 32.2 Å². The summed E-state index contributed by atoms with van der Waals surface area (Å²) in [6.07, 6.45) is 0.858. The van der Waals surface area contributed by atoms with Crippen LogP contribution in [0, 0.1) is 11.3 Å². The van der Waals surface area contributed by atoms with Gasteiger partial charge in [-0.1, -0.05) is 44.2 Å². The summed E-state index contributed by atoms with van der Waals surface area (Å²) in [6, 6.07) is 9.33. The van der Waals surface area contributed by atoms with Crippen LogP contribution in [-0.2, 0) is 15.1 Å². The van der Waals surface area contributed by atoms with Crippen LogP contribution in [0.15, 0.2) is 30.3 Å². The fourth-order valence-corrected chi connectivity index (χ4v) is 3.35. The first-order valence-corrected chi connectivity index (χ1v) is 7.79. The Morgan fingerprint density at radius 2 is 1.87 bits per heavy atom. The summed E-state index contributed by atoms with van der Waals surface area (Å²) in [5.41, 5.74) is 0.624. The Hall–Kier alpha value is -2.37. The molecule has 2 fully saturated rings. The molecule has 1 aromatic rings. The second kappa shape index (κ2) is 5.37. The monoisotopic (exact) mass is 315 g/mol. The molecule has 1 aliphatic carbocycles. The molecule has 0 bridgehead atoms. The van der Waals surface area contributed by atoms with E-state index in [-0.39, 0.29) is 24.3 Å². The van der Waals surface area contributed by atoms with Crippen molar-refractivity contribution in [1.29, 1.82) is 0 Å². The molecule has 1 heterocycles. The highest BCUT2D eigenvalue weighted by Gasteiger charge is 2.63. The molecule has 2 aliphatic rings. The van der Waals surface area contributed by atoms with Crippen molar-refractivity contribution in [1.82, 2.24) is 16.0 Å². The molecule has 0 aromatic heterocycles. The number of amides is 4. The average molecular weight is 315 g/mol. The highest BCUT2D eigenvalue weighted by atomic mass is 16.2. The van der Waals surface area contributed by atoms with Crippen molar-refractivity contribution in [3.8, 4) is 0 Å². The number of carbonyl (C=O) groups excluding carboxylic acids is 3. The maximum Gasteiger partial charge on any atom is 0.321 e. The van der Waals surface area contributed by atoms with Crippen molar-refractivity contribution in [2.75, 3.05) is 6.54 Å². The van der Waals surface area contributed by atoms with Gasteiger partial charge >= 0.3 is 6.03 Å². The zero-order chi connectivity index (χ0) is 16.7. The van der Waals surface area contributed by atoms with Gasteiger partial charge in [-0.3, -0.25) is 14.9 Å². The average Bonchev–Trinajstić information content (AvgIpc) is 3.11. The van der Waals surface area contributed by atoms with Crippen LogP contribution in [-0.4, -0.2) is 24.4 Å². The van der Waals surface area contributed by atoms with Crippen molar-refractivity contribution in [2.24, 2.45) is 11.3 Å². The molecule has 6 nitrogen and oxygen atoms in total. The van der Waals surface area contributed by atoms with Gasteiger partial charge in [-0.2, -0.15) is 0 Å². The van der Waals surface area contributed by atoms with Gasteiger partial charge in [-0.15, -0.1) is 0 Å². The van der Waals surface area contributed by atoms with Crippen molar-refractivity contribution in [3.05, 3.63) is 35.9 Å². The van der Waals surface area contributed by atoms with Crippen molar-refractivity contribution < 1.29 is 14.4 Å². The van der Waals surface area contributed by atoms with Crippen LogP contribution in [0.3, 0.4) is 0 Å². The summed E-state index contributed by atoms with van der Waals surface area (Å²) in [4.78, 5) is 35.6. The lowest BCUT2D eigenvalue weighted by Gasteiger charge is -2.25. The molecule has 2 atom stereocenters. The lowest BCUT2D eigenvalue weighted by molar-refractivity contribution is -0.130. The van der Waals surface area contributed by atoms with Gasteiger partial charge in [0.2, 0.25) is 11.8 Å². The van der Waals surface area contributed by atoms with Crippen molar-refractivity contribution >= 4 is 17.8 Å². The molecular weight excluding hydrogens is 294 g/mol. The molecule has 1 saturated carbocycles. The Balaban J connectivity index is 1.78. The molecule has 122 valence electrons. The van der Waals surface area contributed by atoms with E-state index in [9.17, 15) is 14.4 Å². The number of imide groups is 1. The van der Waals surface area contributed by atoms with Gasteiger partial charge in [0, 0.05) is 13.0 Å². The number of carbonyl (C=O) groups is 3. The lowest BCUT2D eigenvalue weighted by atomic mass is 9.94. The molecule has 6 heteroatoms. The first kappa shape index (κ1) is 15.5. The van der Waals surface area contributed by atoms with Gasteiger partial charge in [-0.05, 0) is 17.4 Å². The Labute approximate surface area is 135 Å². The summed E-state index contributed by atoms with van der Waals surface area (Å²) in [5.74, 6) is -1.18. The Morgan fingerprint density at radius 1 is 1.22 bits per heavy atom. The molecule has 0 radical (unpaired) electrons. The van der Waals surface area contributed by atoms with Gasteiger partial charge in [0.1, 0.15) is 0 Å². The van der Waals surface area contributed by atoms with Crippen LogP contribution in [0.1, 0.15) is 32.3 Å². The molecule has 1 saturated heterocycles. The Bertz CT molecular complexity index is 656. The van der Waals surface area contributed by atoms with Gasteiger partial charge in [0.15, 0.2) is 0 Å². The van der Waals surface area contributed by atoms with E-state index < -0.39 is 23.4 Å². The molecule has 1 unspecified atom stereocenters. The minimum absolute atomic E-state index is 0.00979. The topological polar surface area (TPSA) is 87.3 Å². The highest BCUT2D eigenvalue weighted by Crippen LogP contribution is 2.62. The largest absolute Gasteiger partial charge is 0.346 e. The van der Waals surface area contributed by atoms with Crippen LogP contribution in [0.4, 0.5) is 4.79 Å². The highest BCUT2D eigenvalue weighted by molar-refractivity contribution is 5.98. The third kappa shape index (κ3) is 2.81. The van der Waals surface area contributed by atoms with Gasteiger partial charge in [-0.25, -0.2) is 4.79 Å². The first-order valence-electron chi connectivity index (χ1n) is 7.79.